The first kappa shape index (κ1) is 10.1. The van der Waals surface area contributed by atoms with E-state index in [4.69, 9.17) is 5.73 Å². The van der Waals surface area contributed by atoms with Gasteiger partial charge in [0.25, 0.3) is 0 Å². The van der Waals surface area contributed by atoms with E-state index in [1.54, 1.807) is 10.7 Å². The van der Waals surface area contributed by atoms with Crippen molar-refractivity contribution in [1.82, 2.24) is 9.78 Å². The number of hydrogen-bond acceptors (Lipinski definition) is 2. The summed E-state index contributed by atoms with van der Waals surface area (Å²) >= 11 is 0. The first-order chi connectivity index (χ1) is 7.09. The molecule has 0 radical (unpaired) electrons. The van der Waals surface area contributed by atoms with Crippen molar-refractivity contribution < 1.29 is 4.39 Å². The zero-order valence-corrected chi connectivity index (χ0v) is 8.87. The predicted molar refractivity (Wildman–Crippen MR) is 58.0 cm³/mol. The number of halogens is 1. The minimum atomic E-state index is -0.226. The fourth-order valence-electron chi connectivity index (χ4n) is 1.80. The quantitative estimate of drug-likeness (QED) is 0.813. The lowest BCUT2D eigenvalue weighted by molar-refractivity contribution is 0.636. The Bertz CT molecular complexity index is 488. The molecule has 2 rings (SSSR count). The van der Waals surface area contributed by atoms with Crippen LogP contribution in [-0.4, -0.2) is 15.8 Å². The van der Waals surface area contributed by atoms with Gasteiger partial charge in [-0.2, -0.15) is 5.10 Å². The van der Waals surface area contributed by atoms with E-state index in [2.05, 4.69) is 5.10 Å². The zero-order chi connectivity index (χ0) is 11.0. The Morgan fingerprint density at radius 2 is 2.27 bits per heavy atom. The molecule has 0 aliphatic rings. The Morgan fingerprint density at radius 3 is 2.93 bits per heavy atom. The molecule has 0 saturated carbocycles. The molecule has 0 saturated heterocycles. The van der Waals surface area contributed by atoms with E-state index < -0.39 is 0 Å². The highest BCUT2D eigenvalue weighted by atomic mass is 19.1. The minimum absolute atomic E-state index is 0.0114. The number of nitrogens with two attached hydrogens (primary N) is 1. The van der Waals surface area contributed by atoms with Gasteiger partial charge in [-0.1, -0.05) is 6.07 Å². The van der Waals surface area contributed by atoms with Gasteiger partial charge in [-0.25, -0.2) is 4.39 Å². The van der Waals surface area contributed by atoms with Crippen LogP contribution in [0.25, 0.3) is 10.9 Å². The summed E-state index contributed by atoms with van der Waals surface area (Å²) in [7, 11) is 1.81. The van der Waals surface area contributed by atoms with Crippen molar-refractivity contribution in [2.45, 2.75) is 19.4 Å². The molecule has 1 aromatic carbocycles. The second-order valence-corrected chi connectivity index (χ2v) is 3.89. The molecule has 0 spiro atoms. The van der Waals surface area contributed by atoms with Crippen LogP contribution in [0.15, 0.2) is 18.2 Å². The topological polar surface area (TPSA) is 43.8 Å². The lowest BCUT2D eigenvalue weighted by Crippen LogP contribution is -2.18. The van der Waals surface area contributed by atoms with Crippen LogP contribution >= 0.6 is 0 Å². The summed E-state index contributed by atoms with van der Waals surface area (Å²) in [6.45, 7) is 1.89. The zero-order valence-electron chi connectivity index (χ0n) is 8.87. The summed E-state index contributed by atoms with van der Waals surface area (Å²) in [5, 5.41) is 4.88. The third kappa shape index (κ3) is 1.72. The van der Waals surface area contributed by atoms with Crippen molar-refractivity contribution in [2.75, 3.05) is 0 Å². The predicted octanol–water partition coefficient (Wildman–Crippen LogP) is 1.60. The van der Waals surface area contributed by atoms with E-state index in [-0.39, 0.29) is 11.9 Å². The number of fused-ring (bicyclic) bond motifs is 1. The molecule has 0 amide bonds. The van der Waals surface area contributed by atoms with Crippen LogP contribution in [0.3, 0.4) is 0 Å². The van der Waals surface area contributed by atoms with E-state index in [0.717, 1.165) is 11.2 Å². The van der Waals surface area contributed by atoms with E-state index >= 15 is 0 Å². The number of benzene rings is 1. The number of aromatic nitrogens is 2. The molecular weight excluding hydrogens is 193 g/mol. The molecule has 0 aliphatic heterocycles. The van der Waals surface area contributed by atoms with Gasteiger partial charge in [0.1, 0.15) is 5.82 Å². The summed E-state index contributed by atoms with van der Waals surface area (Å²) in [4.78, 5) is 0. The largest absolute Gasteiger partial charge is 0.328 e. The van der Waals surface area contributed by atoms with Crippen molar-refractivity contribution >= 4 is 10.9 Å². The highest BCUT2D eigenvalue weighted by molar-refractivity contribution is 5.82. The smallest absolute Gasteiger partial charge is 0.134 e. The molecule has 0 bridgehead atoms. The first-order valence-corrected chi connectivity index (χ1v) is 4.95. The molecule has 1 aromatic heterocycles. The maximum atomic E-state index is 13.6. The standard InChI is InChI=1S/C11H14FN3/c1-7(13)6-9-11-8(12)4-3-5-10(11)15(2)14-9/h3-5,7H,6,13H2,1-2H3. The average Bonchev–Trinajstić information content (AvgIpc) is 2.44. The summed E-state index contributed by atoms with van der Waals surface area (Å²) in [5.74, 6) is -0.226. The van der Waals surface area contributed by atoms with Gasteiger partial charge < -0.3 is 5.73 Å². The van der Waals surface area contributed by atoms with E-state index in [0.29, 0.717) is 11.8 Å². The second kappa shape index (κ2) is 3.62. The summed E-state index contributed by atoms with van der Waals surface area (Å²) in [5.41, 5.74) is 7.25. The molecule has 1 unspecified atom stereocenters. The van der Waals surface area contributed by atoms with Gasteiger partial charge in [-0.05, 0) is 19.1 Å². The number of hydrogen-bond donors (Lipinski definition) is 1. The van der Waals surface area contributed by atoms with Crippen LogP contribution < -0.4 is 5.73 Å². The van der Waals surface area contributed by atoms with E-state index in [1.807, 2.05) is 20.0 Å². The molecule has 80 valence electrons. The monoisotopic (exact) mass is 207 g/mol. The van der Waals surface area contributed by atoms with Gasteiger partial charge in [-0.3, -0.25) is 4.68 Å². The van der Waals surface area contributed by atoms with Gasteiger partial charge in [0.05, 0.1) is 16.6 Å². The summed E-state index contributed by atoms with van der Waals surface area (Å²) in [6.07, 6.45) is 0.596. The Kier molecular flexibility index (Phi) is 2.44. The highest BCUT2D eigenvalue weighted by Gasteiger charge is 2.13. The highest BCUT2D eigenvalue weighted by Crippen LogP contribution is 2.21. The Morgan fingerprint density at radius 1 is 1.53 bits per heavy atom. The molecule has 0 fully saturated rings. The van der Waals surface area contributed by atoms with Gasteiger partial charge in [0, 0.05) is 19.5 Å². The van der Waals surface area contributed by atoms with Crippen LogP contribution in [0.5, 0.6) is 0 Å². The fourth-order valence-corrected chi connectivity index (χ4v) is 1.80. The maximum Gasteiger partial charge on any atom is 0.134 e. The third-order valence-corrected chi connectivity index (χ3v) is 2.41. The SMILES string of the molecule is CC(N)Cc1nn(C)c2cccc(F)c12. The molecule has 4 heteroatoms. The molecule has 2 aromatic rings. The van der Waals surface area contributed by atoms with E-state index in [1.165, 1.54) is 6.07 Å². The van der Waals surface area contributed by atoms with Gasteiger partial charge in [0.2, 0.25) is 0 Å². The number of rotatable bonds is 2. The van der Waals surface area contributed by atoms with E-state index in [9.17, 15) is 4.39 Å². The Labute approximate surface area is 87.7 Å². The fraction of sp³-hybridized carbons (Fsp3) is 0.364. The lowest BCUT2D eigenvalue weighted by Gasteiger charge is -2.01. The van der Waals surface area contributed by atoms with Crippen molar-refractivity contribution in [3.8, 4) is 0 Å². The third-order valence-electron chi connectivity index (χ3n) is 2.41. The number of nitrogens with zero attached hydrogens (tertiary/aromatic N) is 2. The molecule has 1 heterocycles. The van der Waals surface area contributed by atoms with Crippen molar-refractivity contribution in [3.05, 3.63) is 29.7 Å². The molecule has 2 N–H and O–H groups in total. The second-order valence-electron chi connectivity index (χ2n) is 3.89. The first-order valence-electron chi connectivity index (χ1n) is 4.95. The van der Waals surface area contributed by atoms with Gasteiger partial charge in [0.15, 0.2) is 0 Å². The van der Waals surface area contributed by atoms with Crippen LogP contribution in [-0.2, 0) is 13.5 Å². The van der Waals surface area contributed by atoms with Crippen LogP contribution in [0, 0.1) is 5.82 Å². The average molecular weight is 207 g/mol. The molecule has 3 nitrogen and oxygen atoms in total. The summed E-state index contributed by atoms with van der Waals surface area (Å²) < 4.78 is 15.3. The Balaban J connectivity index is 2.65. The normalized spacial score (nSPS) is 13.3. The van der Waals surface area contributed by atoms with Crippen molar-refractivity contribution in [1.29, 1.82) is 0 Å². The van der Waals surface area contributed by atoms with Crippen LogP contribution in [0.4, 0.5) is 4.39 Å². The van der Waals surface area contributed by atoms with Crippen molar-refractivity contribution in [3.63, 3.8) is 0 Å². The lowest BCUT2D eigenvalue weighted by atomic mass is 10.1. The van der Waals surface area contributed by atoms with Crippen molar-refractivity contribution in [2.24, 2.45) is 12.8 Å². The van der Waals surface area contributed by atoms with Gasteiger partial charge >= 0.3 is 0 Å². The molecular formula is C11H14FN3. The van der Waals surface area contributed by atoms with Crippen LogP contribution in [0.2, 0.25) is 0 Å². The molecule has 1 atom stereocenters. The minimum Gasteiger partial charge on any atom is -0.328 e. The summed E-state index contributed by atoms with van der Waals surface area (Å²) in [6, 6.07) is 4.99. The molecule has 15 heavy (non-hydrogen) atoms. The van der Waals surface area contributed by atoms with Crippen LogP contribution in [0.1, 0.15) is 12.6 Å². The van der Waals surface area contributed by atoms with Gasteiger partial charge in [-0.15, -0.1) is 0 Å². The Hall–Kier alpha value is -1.42. The molecule has 0 aliphatic carbocycles. The maximum absolute atomic E-state index is 13.6. The number of aryl methyl sites for hydroxylation is 1.